The highest BCUT2D eigenvalue weighted by molar-refractivity contribution is 7.89. The van der Waals surface area contributed by atoms with Crippen molar-refractivity contribution in [1.82, 2.24) is 4.72 Å². The second kappa shape index (κ2) is 5.92. The molecule has 0 aliphatic rings. The van der Waals surface area contributed by atoms with E-state index in [0.717, 1.165) is 10.6 Å². The Labute approximate surface area is 121 Å². The number of hydrogen-bond acceptors (Lipinski definition) is 4. The van der Waals surface area contributed by atoms with Crippen LogP contribution in [0.25, 0.3) is 0 Å². The van der Waals surface area contributed by atoms with Gasteiger partial charge in [0.2, 0.25) is 10.0 Å². The van der Waals surface area contributed by atoms with Crippen molar-refractivity contribution in [1.29, 1.82) is 0 Å². The molecule has 1 aromatic heterocycles. The third kappa shape index (κ3) is 3.70. The van der Waals surface area contributed by atoms with Crippen LogP contribution in [0.1, 0.15) is 4.88 Å². The summed E-state index contributed by atoms with van der Waals surface area (Å²) in [5.74, 6) is 0. The second-order valence-corrected chi connectivity index (χ2v) is 7.14. The van der Waals surface area contributed by atoms with E-state index in [4.69, 9.17) is 11.6 Å². The minimum Gasteiger partial charge on any atom is -0.380 e. The van der Waals surface area contributed by atoms with Gasteiger partial charge in [0.25, 0.3) is 0 Å². The monoisotopic (exact) mass is 316 g/mol. The third-order valence-corrected chi connectivity index (χ3v) is 5.20. The number of halogens is 1. The highest BCUT2D eigenvalue weighted by atomic mass is 35.5. The van der Waals surface area contributed by atoms with Gasteiger partial charge in [-0.3, -0.25) is 0 Å². The number of sulfonamides is 1. The lowest BCUT2D eigenvalue weighted by molar-refractivity contribution is 0.588. The Bertz CT molecular complexity index is 668. The minimum absolute atomic E-state index is 0.240. The average molecular weight is 317 g/mol. The van der Waals surface area contributed by atoms with Gasteiger partial charge in [-0.1, -0.05) is 17.7 Å². The Morgan fingerprint density at radius 1 is 1.32 bits per heavy atom. The van der Waals surface area contributed by atoms with Crippen molar-refractivity contribution >= 4 is 38.6 Å². The van der Waals surface area contributed by atoms with Crippen LogP contribution in [0.4, 0.5) is 5.69 Å². The summed E-state index contributed by atoms with van der Waals surface area (Å²) in [5.41, 5.74) is 0.751. The molecular formula is C12H13ClN2O2S2. The molecule has 4 nitrogen and oxygen atoms in total. The number of hydrogen-bond donors (Lipinski definition) is 2. The third-order valence-electron chi connectivity index (χ3n) is 2.50. The average Bonchev–Trinajstić information content (AvgIpc) is 2.82. The maximum absolute atomic E-state index is 11.7. The van der Waals surface area contributed by atoms with Gasteiger partial charge in [0.15, 0.2) is 0 Å². The number of rotatable bonds is 5. The lowest BCUT2D eigenvalue weighted by atomic mass is 10.3. The first-order valence-corrected chi connectivity index (χ1v) is 8.26. The van der Waals surface area contributed by atoms with E-state index in [9.17, 15) is 8.42 Å². The smallest absolute Gasteiger partial charge is 0.240 e. The van der Waals surface area contributed by atoms with Gasteiger partial charge >= 0.3 is 0 Å². The van der Waals surface area contributed by atoms with Crippen molar-refractivity contribution in [3.63, 3.8) is 0 Å². The van der Waals surface area contributed by atoms with Crippen LogP contribution in [-0.4, -0.2) is 15.5 Å². The maximum atomic E-state index is 11.7. The molecule has 2 aromatic rings. The van der Waals surface area contributed by atoms with Gasteiger partial charge in [0.1, 0.15) is 0 Å². The van der Waals surface area contributed by atoms with Crippen LogP contribution in [0, 0.1) is 0 Å². The molecule has 1 heterocycles. The zero-order chi connectivity index (χ0) is 13.9. The second-order valence-electron chi connectivity index (χ2n) is 3.82. The van der Waals surface area contributed by atoms with E-state index in [-0.39, 0.29) is 4.90 Å². The van der Waals surface area contributed by atoms with Gasteiger partial charge in [-0.15, -0.1) is 11.3 Å². The van der Waals surface area contributed by atoms with E-state index in [0.29, 0.717) is 11.6 Å². The molecule has 0 aliphatic carbocycles. The van der Waals surface area contributed by atoms with Crippen molar-refractivity contribution in [2.75, 3.05) is 12.4 Å². The van der Waals surface area contributed by atoms with Crippen molar-refractivity contribution in [2.24, 2.45) is 0 Å². The first-order valence-electron chi connectivity index (χ1n) is 5.51. The zero-order valence-corrected chi connectivity index (χ0v) is 12.6. The molecule has 102 valence electrons. The summed E-state index contributed by atoms with van der Waals surface area (Å²) in [7, 11) is -2.02. The number of thiophene rings is 1. The molecule has 19 heavy (non-hydrogen) atoms. The van der Waals surface area contributed by atoms with Gasteiger partial charge < -0.3 is 5.32 Å². The van der Waals surface area contributed by atoms with Crippen molar-refractivity contribution in [3.8, 4) is 0 Å². The number of nitrogens with one attached hydrogen (secondary N) is 2. The van der Waals surface area contributed by atoms with E-state index in [2.05, 4.69) is 10.0 Å². The molecule has 0 amide bonds. The molecule has 1 aromatic carbocycles. The van der Waals surface area contributed by atoms with Crippen molar-refractivity contribution < 1.29 is 8.42 Å². The molecule has 0 spiro atoms. The highest BCUT2D eigenvalue weighted by Gasteiger charge is 2.11. The van der Waals surface area contributed by atoms with E-state index < -0.39 is 10.0 Å². The molecule has 2 N–H and O–H groups in total. The fourth-order valence-electron chi connectivity index (χ4n) is 1.53. The molecule has 0 saturated carbocycles. The standard InChI is InChI=1S/C12H13ClN2O2S2/c1-14-19(16,17)12-4-2-3-10(6-12)15-7-11-5-9(13)8-18-11/h2-6,8,14-15H,7H2,1H3. The Morgan fingerprint density at radius 2 is 2.11 bits per heavy atom. The van der Waals surface area contributed by atoms with Crippen LogP contribution >= 0.6 is 22.9 Å². The van der Waals surface area contributed by atoms with Gasteiger partial charge in [-0.2, -0.15) is 0 Å². The van der Waals surface area contributed by atoms with E-state index >= 15 is 0 Å². The van der Waals surface area contributed by atoms with Crippen LogP contribution in [0.5, 0.6) is 0 Å². The lowest BCUT2D eigenvalue weighted by Gasteiger charge is -2.07. The number of anilines is 1. The summed E-state index contributed by atoms with van der Waals surface area (Å²) >= 11 is 7.40. The normalized spacial score (nSPS) is 11.5. The largest absolute Gasteiger partial charge is 0.380 e. The summed E-state index contributed by atoms with van der Waals surface area (Å²) in [6.45, 7) is 0.612. The zero-order valence-electron chi connectivity index (χ0n) is 10.2. The first-order chi connectivity index (χ1) is 9.01. The van der Waals surface area contributed by atoms with Crippen LogP contribution in [0.2, 0.25) is 5.02 Å². The Balaban J connectivity index is 2.11. The summed E-state index contributed by atoms with van der Waals surface area (Å²) < 4.78 is 25.6. The summed E-state index contributed by atoms with van der Waals surface area (Å²) in [6.07, 6.45) is 0. The molecule has 0 saturated heterocycles. The fraction of sp³-hybridized carbons (Fsp3) is 0.167. The lowest BCUT2D eigenvalue weighted by Crippen LogP contribution is -2.18. The van der Waals surface area contributed by atoms with Crippen molar-refractivity contribution in [3.05, 3.63) is 45.6 Å². The predicted octanol–water partition coefficient (Wildman–Crippen LogP) is 2.92. The van der Waals surface area contributed by atoms with Crippen molar-refractivity contribution in [2.45, 2.75) is 11.4 Å². The van der Waals surface area contributed by atoms with E-state index in [1.54, 1.807) is 29.5 Å². The highest BCUT2D eigenvalue weighted by Crippen LogP contribution is 2.21. The molecule has 0 fully saturated rings. The fourth-order valence-corrected chi connectivity index (χ4v) is 3.31. The van der Waals surface area contributed by atoms with Crippen LogP contribution in [-0.2, 0) is 16.6 Å². The summed E-state index contributed by atoms with van der Waals surface area (Å²) in [4.78, 5) is 1.33. The minimum atomic E-state index is -3.41. The molecule has 0 aliphatic heterocycles. The molecule has 0 unspecified atom stereocenters. The molecule has 7 heteroatoms. The number of benzene rings is 1. The summed E-state index contributed by atoms with van der Waals surface area (Å²) in [6, 6.07) is 8.56. The van der Waals surface area contributed by atoms with Gasteiger partial charge in [0.05, 0.1) is 9.92 Å². The Morgan fingerprint density at radius 3 is 2.74 bits per heavy atom. The molecule has 2 rings (SSSR count). The Hall–Kier alpha value is -1.08. The van der Waals surface area contributed by atoms with Crippen LogP contribution < -0.4 is 10.0 Å². The van der Waals surface area contributed by atoms with Gasteiger partial charge in [-0.25, -0.2) is 13.1 Å². The molecular weight excluding hydrogens is 304 g/mol. The van der Waals surface area contributed by atoms with Gasteiger partial charge in [-0.05, 0) is 31.3 Å². The molecule has 0 radical (unpaired) electrons. The van der Waals surface area contributed by atoms with Gasteiger partial charge in [0, 0.05) is 22.5 Å². The predicted molar refractivity (Wildman–Crippen MR) is 79.3 cm³/mol. The molecule has 0 bridgehead atoms. The Kier molecular flexibility index (Phi) is 4.46. The van der Waals surface area contributed by atoms with Crippen LogP contribution in [0.3, 0.4) is 0 Å². The maximum Gasteiger partial charge on any atom is 0.240 e. The molecule has 0 atom stereocenters. The van der Waals surface area contributed by atoms with E-state index in [1.807, 2.05) is 17.5 Å². The summed E-state index contributed by atoms with van der Waals surface area (Å²) in [5, 5.41) is 5.75. The SMILES string of the molecule is CNS(=O)(=O)c1cccc(NCc2cc(Cl)cs2)c1. The quantitative estimate of drug-likeness (QED) is 0.891. The van der Waals surface area contributed by atoms with E-state index in [1.165, 1.54) is 7.05 Å². The van der Waals surface area contributed by atoms with Crippen LogP contribution in [0.15, 0.2) is 40.6 Å². The topological polar surface area (TPSA) is 58.2 Å². The first kappa shape index (κ1) is 14.3.